The lowest BCUT2D eigenvalue weighted by molar-refractivity contribution is 0.143. The van der Waals surface area contributed by atoms with Gasteiger partial charge in [-0.05, 0) is 52.8 Å². The molecule has 0 aromatic heterocycles. The van der Waals surface area contributed by atoms with E-state index in [1.807, 2.05) is 42.5 Å². The zero-order valence-corrected chi connectivity index (χ0v) is 16.9. The summed E-state index contributed by atoms with van der Waals surface area (Å²) in [4.78, 5) is 12.1. The van der Waals surface area contributed by atoms with Crippen molar-refractivity contribution in [1.82, 2.24) is 5.32 Å². The van der Waals surface area contributed by atoms with Gasteiger partial charge in [0.05, 0.1) is 0 Å². The topological polar surface area (TPSA) is 38.3 Å². The summed E-state index contributed by atoms with van der Waals surface area (Å²) >= 11 is 0. The standard InChI is InChI=1S/C26H24FNO2/c1-18-13-14-19(16-25(18)27)8-6-7-15-28-26(29)30-17-24-22-11-4-2-9-20(22)21-10-3-5-12-23(21)24/h2-6,8-14,16,24H,7,15,17H2,1H3,(H,28,29). The minimum absolute atomic E-state index is 0.0551. The Morgan fingerprint density at radius 1 is 1.03 bits per heavy atom. The predicted molar refractivity (Wildman–Crippen MR) is 118 cm³/mol. The normalized spacial score (nSPS) is 12.6. The van der Waals surface area contributed by atoms with E-state index in [9.17, 15) is 9.18 Å². The van der Waals surface area contributed by atoms with E-state index in [0.717, 1.165) is 5.56 Å². The Morgan fingerprint density at radius 2 is 1.70 bits per heavy atom. The maximum Gasteiger partial charge on any atom is 0.407 e. The van der Waals surface area contributed by atoms with Crippen LogP contribution in [0.25, 0.3) is 17.2 Å². The highest BCUT2D eigenvalue weighted by molar-refractivity contribution is 5.79. The first-order valence-corrected chi connectivity index (χ1v) is 10.1. The number of fused-ring (bicyclic) bond motifs is 3. The van der Waals surface area contributed by atoms with Gasteiger partial charge in [-0.25, -0.2) is 9.18 Å². The first-order chi connectivity index (χ1) is 14.6. The summed E-state index contributed by atoms with van der Waals surface area (Å²) in [5.41, 5.74) is 6.24. The van der Waals surface area contributed by atoms with Gasteiger partial charge in [-0.1, -0.05) is 72.8 Å². The molecule has 0 radical (unpaired) electrons. The van der Waals surface area contributed by atoms with Gasteiger partial charge < -0.3 is 10.1 Å². The number of alkyl carbamates (subject to hydrolysis) is 1. The number of carbonyl (C=O) groups is 1. The molecule has 4 rings (SSSR count). The Bertz CT molecular complexity index is 1040. The Balaban J connectivity index is 1.27. The highest BCUT2D eigenvalue weighted by atomic mass is 19.1. The summed E-state index contributed by atoms with van der Waals surface area (Å²) in [5, 5.41) is 2.77. The van der Waals surface area contributed by atoms with Crippen molar-refractivity contribution in [3.05, 3.63) is 101 Å². The monoisotopic (exact) mass is 401 g/mol. The summed E-state index contributed by atoms with van der Waals surface area (Å²) in [6, 6.07) is 21.6. The number of rotatable bonds is 6. The zero-order valence-electron chi connectivity index (χ0n) is 16.9. The average molecular weight is 401 g/mol. The van der Waals surface area contributed by atoms with Gasteiger partial charge in [0.1, 0.15) is 12.4 Å². The van der Waals surface area contributed by atoms with Crippen LogP contribution in [0.5, 0.6) is 0 Å². The number of aryl methyl sites for hydroxylation is 1. The quantitative estimate of drug-likeness (QED) is 0.509. The molecule has 0 spiro atoms. The first-order valence-electron chi connectivity index (χ1n) is 10.1. The molecule has 1 N–H and O–H groups in total. The molecule has 3 aromatic rings. The molecule has 0 fully saturated rings. The van der Waals surface area contributed by atoms with Crippen molar-refractivity contribution in [2.75, 3.05) is 13.2 Å². The molecule has 0 saturated heterocycles. The lowest BCUT2D eigenvalue weighted by Crippen LogP contribution is -2.26. The van der Waals surface area contributed by atoms with Gasteiger partial charge >= 0.3 is 6.09 Å². The second kappa shape index (κ2) is 8.95. The van der Waals surface area contributed by atoms with Crippen molar-refractivity contribution in [3.63, 3.8) is 0 Å². The summed E-state index contributed by atoms with van der Waals surface area (Å²) in [7, 11) is 0. The van der Waals surface area contributed by atoms with Gasteiger partial charge in [-0.2, -0.15) is 0 Å². The van der Waals surface area contributed by atoms with Crippen molar-refractivity contribution in [2.45, 2.75) is 19.3 Å². The van der Waals surface area contributed by atoms with Gasteiger partial charge in [0.2, 0.25) is 0 Å². The molecule has 0 aliphatic heterocycles. The van der Waals surface area contributed by atoms with E-state index in [-0.39, 0.29) is 11.7 Å². The Morgan fingerprint density at radius 3 is 2.37 bits per heavy atom. The third-order valence-electron chi connectivity index (χ3n) is 5.43. The molecule has 0 saturated carbocycles. The number of halogens is 1. The SMILES string of the molecule is Cc1ccc(C=CCCNC(=O)OCC2c3ccccc3-c3ccccc32)cc1F. The summed E-state index contributed by atoms with van der Waals surface area (Å²) in [6.07, 6.45) is 3.97. The average Bonchev–Trinajstić information content (AvgIpc) is 3.08. The molecule has 152 valence electrons. The Hall–Kier alpha value is -3.40. The number of hydrogen-bond donors (Lipinski definition) is 1. The van der Waals surface area contributed by atoms with Crippen LogP contribution in [-0.4, -0.2) is 19.2 Å². The summed E-state index contributed by atoms with van der Waals surface area (Å²) < 4.78 is 19.1. The predicted octanol–water partition coefficient (Wildman–Crippen LogP) is 6.08. The van der Waals surface area contributed by atoms with Crippen molar-refractivity contribution >= 4 is 12.2 Å². The van der Waals surface area contributed by atoms with Crippen LogP contribution in [0.4, 0.5) is 9.18 Å². The highest BCUT2D eigenvalue weighted by Gasteiger charge is 2.28. The largest absolute Gasteiger partial charge is 0.449 e. The minimum Gasteiger partial charge on any atom is -0.449 e. The van der Waals surface area contributed by atoms with E-state index in [4.69, 9.17) is 4.74 Å². The molecule has 0 bridgehead atoms. The van der Waals surface area contributed by atoms with Gasteiger partial charge in [0, 0.05) is 12.5 Å². The maximum atomic E-state index is 13.6. The number of amides is 1. The molecule has 0 heterocycles. The van der Waals surface area contributed by atoms with Crippen molar-refractivity contribution in [2.24, 2.45) is 0 Å². The van der Waals surface area contributed by atoms with E-state index in [2.05, 4.69) is 29.6 Å². The lowest BCUT2D eigenvalue weighted by Gasteiger charge is -2.14. The van der Waals surface area contributed by atoms with Crippen molar-refractivity contribution < 1.29 is 13.9 Å². The fraction of sp³-hybridized carbons (Fsp3) is 0.192. The molecule has 30 heavy (non-hydrogen) atoms. The van der Waals surface area contributed by atoms with E-state index < -0.39 is 6.09 Å². The van der Waals surface area contributed by atoms with Crippen molar-refractivity contribution in [3.8, 4) is 11.1 Å². The molecular weight excluding hydrogens is 377 g/mol. The Labute approximate surface area is 176 Å². The van der Waals surface area contributed by atoms with Gasteiger partial charge in [0.15, 0.2) is 0 Å². The molecule has 3 aromatic carbocycles. The van der Waals surface area contributed by atoms with E-state index in [1.54, 1.807) is 13.0 Å². The zero-order chi connectivity index (χ0) is 20.9. The number of ether oxygens (including phenoxy) is 1. The van der Waals surface area contributed by atoms with E-state index in [0.29, 0.717) is 25.1 Å². The molecule has 1 aliphatic carbocycles. The minimum atomic E-state index is -0.424. The maximum absolute atomic E-state index is 13.6. The summed E-state index contributed by atoms with van der Waals surface area (Å²) in [5.74, 6) is -0.159. The van der Waals surface area contributed by atoms with Crippen LogP contribution in [0.2, 0.25) is 0 Å². The first kappa shape index (κ1) is 19.9. The van der Waals surface area contributed by atoms with Crippen LogP contribution in [0.15, 0.2) is 72.8 Å². The molecule has 3 nitrogen and oxygen atoms in total. The second-order valence-electron chi connectivity index (χ2n) is 7.45. The fourth-order valence-corrected chi connectivity index (χ4v) is 3.84. The molecule has 1 aliphatic rings. The molecule has 0 atom stereocenters. The van der Waals surface area contributed by atoms with Crippen LogP contribution in [0, 0.1) is 12.7 Å². The third kappa shape index (κ3) is 4.28. The van der Waals surface area contributed by atoms with Crippen LogP contribution in [0.3, 0.4) is 0 Å². The fourth-order valence-electron chi connectivity index (χ4n) is 3.84. The van der Waals surface area contributed by atoms with Crippen LogP contribution >= 0.6 is 0 Å². The van der Waals surface area contributed by atoms with Gasteiger partial charge in [0.25, 0.3) is 0 Å². The number of hydrogen-bond acceptors (Lipinski definition) is 2. The highest BCUT2D eigenvalue weighted by Crippen LogP contribution is 2.44. The van der Waals surface area contributed by atoms with E-state index >= 15 is 0 Å². The number of carbonyl (C=O) groups excluding carboxylic acids is 1. The Kier molecular flexibility index (Phi) is 5.94. The molecule has 1 amide bonds. The van der Waals surface area contributed by atoms with Gasteiger partial charge in [-0.15, -0.1) is 0 Å². The van der Waals surface area contributed by atoms with Crippen LogP contribution in [0.1, 0.15) is 34.6 Å². The van der Waals surface area contributed by atoms with Crippen LogP contribution < -0.4 is 5.32 Å². The van der Waals surface area contributed by atoms with Crippen LogP contribution in [-0.2, 0) is 4.74 Å². The lowest BCUT2D eigenvalue weighted by atomic mass is 9.98. The van der Waals surface area contributed by atoms with Crippen molar-refractivity contribution in [1.29, 1.82) is 0 Å². The molecular formula is C26H24FNO2. The molecule has 4 heteroatoms. The third-order valence-corrected chi connectivity index (χ3v) is 5.43. The number of benzene rings is 3. The van der Waals surface area contributed by atoms with Gasteiger partial charge in [-0.3, -0.25) is 0 Å². The number of nitrogens with one attached hydrogen (secondary N) is 1. The molecule has 0 unspecified atom stereocenters. The summed E-state index contributed by atoms with van der Waals surface area (Å²) in [6.45, 7) is 2.50. The van der Waals surface area contributed by atoms with E-state index in [1.165, 1.54) is 28.3 Å². The smallest absolute Gasteiger partial charge is 0.407 e. The second-order valence-corrected chi connectivity index (χ2v) is 7.45.